The fraction of sp³-hybridized carbons (Fsp3) is 0.214. The Labute approximate surface area is 120 Å². The molecule has 20 heavy (non-hydrogen) atoms. The minimum Gasteiger partial charge on any atom is -0.292 e. The molecular formula is C14H11ClFN3O. The largest absolute Gasteiger partial charge is 0.292 e. The van der Waals surface area contributed by atoms with Crippen molar-refractivity contribution in [3.05, 3.63) is 62.5 Å². The van der Waals surface area contributed by atoms with Gasteiger partial charge in [-0.15, -0.1) is 0 Å². The van der Waals surface area contributed by atoms with Gasteiger partial charge in [-0.25, -0.2) is 9.37 Å². The zero-order valence-electron chi connectivity index (χ0n) is 10.7. The molecule has 2 aromatic rings. The topological polar surface area (TPSA) is 58.7 Å². The average Bonchev–Trinajstić information content (AvgIpc) is 2.42. The van der Waals surface area contributed by atoms with Crippen LogP contribution >= 0.6 is 11.6 Å². The van der Waals surface area contributed by atoms with Gasteiger partial charge < -0.3 is 0 Å². The highest BCUT2D eigenvalue weighted by Crippen LogP contribution is 2.12. The second-order valence-corrected chi connectivity index (χ2v) is 4.58. The number of nitrogens with zero attached hydrogens (tertiary/aromatic N) is 3. The number of nitriles is 1. The molecule has 0 atom stereocenters. The molecular weight excluding hydrogens is 281 g/mol. The molecule has 1 heterocycles. The van der Waals surface area contributed by atoms with Gasteiger partial charge >= 0.3 is 0 Å². The maximum absolute atomic E-state index is 13.9. The first-order valence-corrected chi connectivity index (χ1v) is 6.37. The average molecular weight is 292 g/mol. The van der Waals surface area contributed by atoms with Gasteiger partial charge in [-0.3, -0.25) is 9.36 Å². The van der Waals surface area contributed by atoms with Crippen LogP contribution in [0.1, 0.15) is 23.9 Å². The lowest BCUT2D eigenvalue weighted by atomic mass is 10.1. The van der Waals surface area contributed by atoms with Gasteiger partial charge in [0.25, 0.3) is 5.56 Å². The molecule has 0 spiro atoms. The highest BCUT2D eigenvalue weighted by molar-refractivity contribution is 6.29. The first-order chi connectivity index (χ1) is 9.55. The first-order valence-electron chi connectivity index (χ1n) is 6.00. The minimum atomic E-state index is -0.520. The van der Waals surface area contributed by atoms with E-state index in [1.807, 2.05) is 13.0 Å². The summed E-state index contributed by atoms with van der Waals surface area (Å²) in [5, 5.41) is 8.83. The van der Waals surface area contributed by atoms with Crippen molar-refractivity contribution in [1.29, 1.82) is 5.26 Å². The molecule has 0 aliphatic heterocycles. The highest BCUT2D eigenvalue weighted by atomic mass is 35.5. The van der Waals surface area contributed by atoms with E-state index in [1.54, 1.807) is 0 Å². The SMILES string of the molecule is CCc1nc(Cl)cc(=O)n1Cc1ccc(C#N)cc1F. The van der Waals surface area contributed by atoms with Crippen LogP contribution in [0.15, 0.2) is 29.1 Å². The minimum absolute atomic E-state index is 0.0592. The molecule has 0 aliphatic rings. The van der Waals surface area contributed by atoms with E-state index >= 15 is 0 Å². The standard InChI is InChI=1S/C14H11ClFN3O/c1-2-13-18-12(15)6-14(20)19(13)8-10-4-3-9(7-17)5-11(10)16/h3-6H,2,8H2,1H3. The molecule has 0 aliphatic carbocycles. The van der Waals surface area contributed by atoms with E-state index < -0.39 is 5.82 Å². The number of benzene rings is 1. The van der Waals surface area contributed by atoms with Gasteiger partial charge in [-0.05, 0) is 12.1 Å². The number of hydrogen-bond acceptors (Lipinski definition) is 3. The molecule has 102 valence electrons. The van der Waals surface area contributed by atoms with Gasteiger partial charge in [0.2, 0.25) is 0 Å². The number of aryl methyl sites for hydroxylation is 1. The number of aromatic nitrogens is 2. The second kappa shape index (κ2) is 5.85. The van der Waals surface area contributed by atoms with Crippen LogP contribution in [-0.4, -0.2) is 9.55 Å². The van der Waals surface area contributed by atoms with Crippen molar-refractivity contribution in [3.8, 4) is 6.07 Å². The molecule has 1 aromatic carbocycles. The summed E-state index contributed by atoms with van der Waals surface area (Å²) in [5.74, 6) is -0.0285. The molecule has 1 aromatic heterocycles. The van der Waals surface area contributed by atoms with Gasteiger partial charge in [0.05, 0.1) is 18.2 Å². The quantitative estimate of drug-likeness (QED) is 0.817. The molecule has 0 fully saturated rings. The van der Waals surface area contributed by atoms with Crippen LogP contribution in [0, 0.1) is 17.1 Å². The normalized spacial score (nSPS) is 10.3. The summed E-state index contributed by atoms with van der Waals surface area (Å²) in [6.07, 6.45) is 0.508. The van der Waals surface area contributed by atoms with Crippen LogP contribution < -0.4 is 5.56 Å². The molecule has 0 saturated heterocycles. The molecule has 6 heteroatoms. The van der Waals surface area contributed by atoms with Gasteiger partial charge in [-0.2, -0.15) is 5.26 Å². The van der Waals surface area contributed by atoms with E-state index in [0.717, 1.165) is 6.07 Å². The smallest absolute Gasteiger partial charge is 0.255 e. The van der Waals surface area contributed by atoms with E-state index in [9.17, 15) is 9.18 Å². The van der Waals surface area contributed by atoms with Crippen molar-refractivity contribution in [2.45, 2.75) is 19.9 Å². The molecule has 0 saturated carbocycles. The third-order valence-corrected chi connectivity index (χ3v) is 3.08. The third-order valence-electron chi connectivity index (χ3n) is 2.88. The van der Waals surface area contributed by atoms with Crippen LogP contribution in [0.4, 0.5) is 4.39 Å². The van der Waals surface area contributed by atoms with Crippen molar-refractivity contribution in [3.63, 3.8) is 0 Å². The molecule has 4 nitrogen and oxygen atoms in total. The lowest BCUT2D eigenvalue weighted by Gasteiger charge is -2.11. The van der Waals surface area contributed by atoms with Crippen molar-refractivity contribution < 1.29 is 4.39 Å². The number of rotatable bonds is 3. The molecule has 0 N–H and O–H groups in total. The Bertz CT molecular complexity index is 749. The Balaban J connectivity index is 2.45. The highest BCUT2D eigenvalue weighted by Gasteiger charge is 2.10. The van der Waals surface area contributed by atoms with Crippen LogP contribution in [0.3, 0.4) is 0 Å². The lowest BCUT2D eigenvalue weighted by molar-refractivity contribution is 0.585. The Morgan fingerprint density at radius 1 is 1.45 bits per heavy atom. The van der Waals surface area contributed by atoms with Gasteiger partial charge in [-0.1, -0.05) is 24.6 Å². The zero-order valence-corrected chi connectivity index (χ0v) is 11.5. The fourth-order valence-electron chi connectivity index (χ4n) is 1.88. The zero-order chi connectivity index (χ0) is 14.7. The van der Waals surface area contributed by atoms with E-state index in [2.05, 4.69) is 4.98 Å². The van der Waals surface area contributed by atoms with Crippen LogP contribution in [-0.2, 0) is 13.0 Å². The van der Waals surface area contributed by atoms with Crippen molar-refractivity contribution >= 4 is 11.6 Å². The van der Waals surface area contributed by atoms with Crippen LogP contribution in [0.2, 0.25) is 5.15 Å². The van der Waals surface area contributed by atoms with E-state index in [1.165, 1.54) is 22.8 Å². The predicted octanol–water partition coefficient (Wildman–Crippen LogP) is 2.52. The molecule has 0 radical (unpaired) electrons. The maximum atomic E-state index is 13.9. The van der Waals surface area contributed by atoms with Crippen LogP contribution in [0.25, 0.3) is 0 Å². The monoisotopic (exact) mass is 291 g/mol. The molecule has 0 bridgehead atoms. The Morgan fingerprint density at radius 2 is 2.20 bits per heavy atom. The van der Waals surface area contributed by atoms with E-state index in [4.69, 9.17) is 16.9 Å². The van der Waals surface area contributed by atoms with Gasteiger partial charge in [0.15, 0.2) is 0 Å². The van der Waals surface area contributed by atoms with Crippen molar-refractivity contribution in [2.24, 2.45) is 0 Å². The summed E-state index contributed by atoms with van der Waals surface area (Å²) in [4.78, 5) is 16.0. The summed E-state index contributed by atoms with van der Waals surface area (Å²) in [7, 11) is 0. The van der Waals surface area contributed by atoms with Crippen LogP contribution in [0.5, 0.6) is 0 Å². The number of hydrogen-bond donors (Lipinski definition) is 0. The van der Waals surface area contributed by atoms with E-state index in [0.29, 0.717) is 17.8 Å². The fourth-order valence-corrected chi connectivity index (χ4v) is 2.07. The summed E-state index contributed by atoms with van der Waals surface area (Å²) in [5.41, 5.74) is 0.235. The second-order valence-electron chi connectivity index (χ2n) is 4.19. The summed E-state index contributed by atoms with van der Waals surface area (Å²) in [6.45, 7) is 1.90. The summed E-state index contributed by atoms with van der Waals surface area (Å²) < 4.78 is 15.2. The molecule has 0 amide bonds. The molecule has 0 unspecified atom stereocenters. The van der Waals surface area contributed by atoms with E-state index in [-0.39, 0.29) is 22.8 Å². The lowest BCUT2D eigenvalue weighted by Crippen LogP contribution is -2.25. The summed E-state index contributed by atoms with van der Waals surface area (Å²) >= 11 is 5.74. The summed E-state index contributed by atoms with van der Waals surface area (Å²) in [6, 6.07) is 7.21. The Kier molecular flexibility index (Phi) is 4.16. The van der Waals surface area contributed by atoms with Gasteiger partial charge in [0, 0.05) is 18.1 Å². The number of halogens is 2. The first kappa shape index (κ1) is 14.2. The van der Waals surface area contributed by atoms with Crippen molar-refractivity contribution in [1.82, 2.24) is 9.55 Å². The Morgan fingerprint density at radius 3 is 2.80 bits per heavy atom. The Hall–Kier alpha value is -2.19. The maximum Gasteiger partial charge on any atom is 0.255 e. The van der Waals surface area contributed by atoms with Crippen molar-refractivity contribution in [2.75, 3.05) is 0 Å². The predicted molar refractivity (Wildman–Crippen MR) is 73.1 cm³/mol. The van der Waals surface area contributed by atoms with Gasteiger partial charge in [0.1, 0.15) is 16.8 Å². The molecule has 2 rings (SSSR count). The third kappa shape index (κ3) is 2.86.